The molecule has 2 aromatic rings. The van der Waals surface area contributed by atoms with Crippen LogP contribution in [0.1, 0.15) is 25.0 Å². The van der Waals surface area contributed by atoms with Crippen molar-refractivity contribution >= 4 is 0 Å². The molecule has 1 N–H and O–H groups in total. The predicted octanol–water partition coefficient (Wildman–Crippen LogP) is 4.42. The minimum Gasteiger partial charge on any atom is -0.490 e. The van der Waals surface area contributed by atoms with E-state index in [1.54, 1.807) is 24.3 Å². The Hall–Kier alpha value is -2.34. The van der Waals surface area contributed by atoms with Crippen LogP contribution in [-0.4, -0.2) is 26.4 Å². The maximum Gasteiger partial charge on any atom is 0.387 e. The van der Waals surface area contributed by atoms with Crippen LogP contribution < -0.4 is 19.5 Å². The summed E-state index contributed by atoms with van der Waals surface area (Å²) in [6, 6.07) is 12.6. The van der Waals surface area contributed by atoms with Gasteiger partial charge in [-0.2, -0.15) is 8.78 Å². The number of hydrogen-bond acceptors (Lipinski definition) is 4. The van der Waals surface area contributed by atoms with E-state index >= 15 is 0 Å². The number of halogens is 2. The van der Waals surface area contributed by atoms with Crippen molar-refractivity contribution in [2.75, 3.05) is 19.8 Å². The monoisotopic (exact) mass is 365 g/mol. The van der Waals surface area contributed by atoms with E-state index < -0.39 is 6.61 Å². The highest BCUT2D eigenvalue weighted by Gasteiger charge is 2.06. The average Bonchev–Trinajstić information content (AvgIpc) is 2.62. The van der Waals surface area contributed by atoms with Crippen LogP contribution in [0.4, 0.5) is 8.78 Å². The summed E-state index contributed by atoms with van der Waals surface area (Å²) in [6.07, 6.45) is 0.846. The van der Waals surface area contributed by atoms with E-state index in [4.69, 9.17) is 9.47 Å². The summed E-state index contributed by atoms with van der Waals surface area (Å²) >= 11 is 0. The lowest BCUT2D eigenvalue weighted by Crippen LogP contribution is -2.16. The molecule has 0 saturated heterocycles. The van der Waals surface area contributed by atoms with Crippen molar-refractivity contribution in [3.05, 3.63) is 53.6 Å². The highest BCUT2D eigenvalue weighted by atomic mass is 19.3. The summed E-state index contributed by atoms with van der Waals surface area (Å²) in [5, 5.41) is 3.34. The smallest absolute Gasteiger partial charge is 0.387 e. The second kappa shape index (κ2) is 10.6. The van der Waals surface area contributed by atoms with E-state index in [1.165, 1.54) is 0 Å². The SMILES string of the molecule is CCOc1ccc(CCNCc2ccc(OC(F)F)cc2)cc1OCC. The van der Waals surface area contributed by atoms with Crippen LogP contribution in [0.3, 0.4) is 0 Å². The van der Waals surface area contributed by atoms with E-state index in [0.29, 0.717) is 19.8 Å². The van der Waals surface area contributed by atoms with Gasteiger partial charge in [0.25, 0.3) is 0 Å². The molecule has 0 aliphatic rings. The Morgan fingerprint density at radius 3 is 2.19 bits per heavy atom. The van der Waals surface area contributed by atoms with Gasteiger partial charge in [-0.05, 0) is 62.2 Å². The van der Waals surface area contributed by atoms with Crippen LogP contribution in [0.25, 0.3) is 0 Å². The highest BCUT2D eigenvalue weighted by molar-refractivity contribution is 5.43. The first-order valence-corrected chi connectivity index (χ1v) is 8.75. The van der Waals surface area contributed by atoms with E-state index in [1.807, 2.05) is 32.0 Å². The lowest BCUT2D eigenvalue weighted by atomic mass is 10.1. The molecule has 0 fully saturated rings. The molecule has 142 valence electrons. The van der Waals surface area contributed by atoms with Crippen molar-refractivity contribution in [2.45, 2.75) is 33.4 Å². The number of nitrogens with one attached hydrogen (secondary N) is 1. The molecule has 0 saturated carbocycles. The third-order valence-electron chi connectivity index (χ3n) is 3.68. The lowest BCUT2D eigenvalue weighted by Gasteiger charge is -2.12. The topological polar surface area (TPSA) is 39.7 Å². The van der Waals surface area contributed by atoms with E-state index in [2.05, 4.69) is 10.1 Å². The fourth-order valence-corrected chi connectivity index (χ4v) is 2.51. The van der Waals surface area contributed by atoms with Gasteiger partial charge in [0.2, 0.25) is 0 Å². The Balaban J connectivity index is 1.81. The van der Waals surface area contributed by atoms with Gasteiger partial charge in [-0.3, -0.25) is 0 Å². The lowest BCUT2D eigenvalue weighted by molar-refractivity contribution is -0.0498. The maximum absolute atomic E-state index is 12.1. The number of rotatable bonds is 11. The van der Waals surface area contributed by atoms with Gasteiger partial charge in [0.1, 0.15) is 5.75 Å². The van der Waals surface area contributed by atoms with Gasteiger partial charge in [-0.25, -0.2) is 0 Å². The Morgan fingerprint density at radius 2 is 1.54 bits per heavy atom. The predicted molar refractivity (Wildman–Crippen MR) is 97.3 cm³/mol. The molecule has 0 unspecified atom stereocenters. The minimum absolute atomic E-state index is 0.168. The van der Waals surface area contributed by atoms with Crippen molar-refractivity contribution < 1.29 is 23.0 Å². The number of alkyl halides is 2. The molecule has 0 radical (unpaired) electrons. The van der Waals surface area contributed by atoms with Gasteiger partial charge >= 0.3 is 6.61 Å². The zero-order chi connectivity index (χ0) is 18.8. The Morgan fingerprint density at radius 1 is 0.885 bits per heavy atom. The molecule has 0 spiro atoms. The van der Waals surface area contributed by atoms with E-state index in [9.17, 15) is 8.78 Å². The first-order chi connectivity index (χ1) is 12.6. The summed E-state index contributed by atoms with van der Waals surface area (Å²) in [4.78, 5) is 0. The highest BCUT2D eigenvalue weighted by Crippen LogP contribution is 2.28. The zero-order valence-electron chi connectivity index (χ0n) is 15.1. The fourth-order valence-electron chi connectivity index (χ4n) is 2.51. The van der Waals surface area contributed by atoms with E-state index in [-0.39, 0.29) is 5.75 Å². The van der Waals surface area contributed by atoms with Crippen LogP contribution in [0.15, 0.2) is 42.5 Å². The molecule has 4 nitrogen and oxygen atoms in total. The molecular formula is C20H25F2NO3. The molecule has 0 aliphatic carbocycles. The molecule has 26 heavy (non-hydrogen) atoms. The van der Waals surface area contributed by atoms with E-state index in [0.717, 1.165) is 35.6 Å². The molecule has 2 aromatic carbocycles. The minimum atomic E-state index is -2.80. The maximum atomic E-state index is 12.1. The number of ether oxygens (including phenoxy) is 3. The Labute approximate surface area is 153 Å². The largest absolute Gasteiger partial charge is 0.490 e. The summed E-state index contributed by atoms with van der Waals surface area (Å²) in [5.41, 5.74) is 2.17. The second-order valence-electron chi connectivity index (χ2n) is 5.60. The normalized spacial score (nSPS) is 10.8. The quantitative estimate of drug-likeness (QED) is 0.599. The van der Waals surface area contributed by atoms with Crippen LogP contribution >= 0.6 is 0 Å². The van der Waals surface area contributed by atoms with Crippen LogP contribution in [0.2, 0.25) is 0 Å². The molecule has 0 heterocycles. The zero-order valence-corrected chi connectivity index (χ0v) is 15.1. The molecule has 6 heteroatoms. The van der Waals surface area contributed by atoms with Crippen LogP contribution in [-0.2, 0) is 13.0 Å². The molecule has 0 atom stereocenters. The second-order valence-corrected chi connectivity index (χ2v) is 5.60. The first-order valence-electron chi connectivity index (χ1n) is 8.75. The Kier molecular flexibility index (Phi) is 8.15. The van der Waals surface area contributed by atoms with Gasteiger partial charge in [0.05, 0.1) is 13.2 Å². The summed E-state index contributed by atoms with van der Waals surface area (Å²) < 4.78 is 39.8. The Bertz CT molecular complexity index is 663. The molecule has 0 aliphatic heterocycles. The van der Waals surface area contributed by atoms with Gasteiger partial charge < -0.3 is 19.5 Å². The summed E-state index contributed by atoms with van der Waals surface area (Å²) in [6.45, 7) is 3.73. The third-order valence-corrected chi connectivity index (χ3v) is 3.68. The van der Waals surface area contributed by atoms with Crippen molar-refractivity contribution in [1.29, 1.82) is 0 Å². The third kappa shape index (κ3) is 6.52. The van der Waals surface area contributed by atoms with Crippen molar-refractivity contribution in [1.82, 2.24) is 5.32 Å². The van der Waals surface area contributed by atoms with Crippen molar-refractivity contribution in [3.63, 3.8) is 0 Å². The fraction of sp³-hybridized carbons (Fsp3) is 0.400. The van der Waals surface area contributed by atoms with Crippen LogP contribution in [0.5, 0.6) is 17.2 Å². The van der Waals surface area contributed by atoms with Crippen molar-refractivity contribution in [2.24, 2.45) is 0 Å². The van der Waals surface area contributed by atoms with Crippen LogP contribution in [0, 0.1) is 0 Å². The molecule has 0 amide bonds. The van der Waals surface area contributed by atoms with Gasteiger partial charge in [-0.15, -0.1) is 0 Å². The number of benzene rings is 2. The summed E-state index contributed by atoms with van der Waals surface area (Å²) in [5.74, 6) is 1.69. The van der Waals surface area contributed by atoms with Crippen molar-refractivity contribution in [3.8, 4) is 17.2 Å². The first kappa shape index (κ1) is 20.0. The summed E-state index contributed by atoms with van der Waals surface area (Å²) in [7, 11) is 0. The standard InChI is InChI=1S/C20H25F2NO3/c1-3-24-18-10-7-15(13-19(18)25-4-2)11-12-23-14-16-5-8-17(9-6-16)26-20(21)22/h5-10,13,20,23H,3-4,11-12,14H2,1-2H3. The van der Waals surface area contributed by atoms with Gasteiger partial charge in [0, 0.05) is 6.54 Å². The number of hydrogen-bond donors (Lipinski definition) is 1. The molecule has 2 rings (SSSR count). The average molecular weight is 365 g/mol. The van der Waals surface area contributed by atoms with Gasteiger partial charge in [0.15, 0.2) is 11.5 Å². The van der Waals surface area contributed by atoms with Gasteiger partial charge in [-0.1, -0.05) is 18.2 Å². The molecule has 0 aromatic heterocycles. The molecule has 0 bridgehead atoms. The molecular weight excluding hydrogens is 340 g/mol.